The molecule has 0 aromatic rings. The van der Waals surface area contributed by atoms with Gasteiger partial charge in [0, 0.05) is 19.6 Å². The van der Waals surface area contributed by atoms with Crippen molar-refractivity contribution in [3.05, 3.63) is 0 Å². The number of hydrogen-bond donors (Lipinski definition) is 1. The van der Waals surface area contributed by atoms with Crippen LogP contribution in [0.5, 0.6) is 0 Å². The number of hydrogen-bond acceptors (Lipinski definition) is 4. The summed E-state index contributed by atoms with van der Waals surface area (Å²) in [6.07, 6.45) is 2.55. The van der Waals surface area contributed by atoms with E-state index >= 15 is 0 Å². The minimum atomic E-state index is 0.384. The van der Waals surface area contributed by atoms with Gasteiger partial charge in [-0.1, -0.05) is 13.8 Å². The molecule has 0 amide bonds. The van der Waals surface area contributed by atoms with E-state index in [4.69, 9.17) is 4.74 Å². The maximum atomic E-state index is 5.74. The second-order valence-electron chi connectivity index (χ2n) is 4.60. The Morgan fingerprint density at radius 1 is 1.56 bits per heavy atom. The van der Waals surface area contributed by atoms with Gasteiger partial charge < -0.3 is 10.1 Å². The highest BCUT2D eigenvalue weighted by atomic mass is 32.2. The molecule has 1 heterocycles. The van der Waals surface area contributed by atoms with Crippen molar-refractivity contribution in [3.63, 3.8) is 0 Å². The highest BCUT2D eigenvalue weighted by Gasteiger charge is 2.18. The topological polar surface area (TPSA) is 24.5 Å². The van der Waals surface area contributed by atoms with E-state index in [0.29, 0.717) is 6.10 Å². The van der Waals surface area contributed by atoms with Crippen molar-refractivity contribution in [1.82, 2.24) is 10.2 Å². The summed E-state index contributed by atoms with van der Waals surface area (Å²) in [6.45, 7) is 10.8. The van der Waals surface area contributed by atoms with Crippen molar-refractivity contribution in [3.8, 4) is 0 Å². The smallest absolute Gasteiger partial charge is 0.0826 e. The second-order valence-corrected chi connectivity index (χ2v) is 5.52. The predicted molar refractivity (Wildman–Crippen MR) is 72.3 cm³/mol. The molecule has 96 valence electrons. The minimum Gasteiger partial charge on any atom is -0.374 e. The first-order valence-corrected chi connectivity index (χ1v) is 7.69. The average Bonchev–Trinajstić information content (AvgIpc) is 2.30. The van der Waals surface area contributed by atoms with Crippen LogP contribution in [-0.4, -0.2) is 62.3 Å². The molecule has 0 bridgehead atoms. The quantitative estimate of drug-likeness (QED) is 0.732. The highest BCUT2D eigenvalue weighted by molar-refractivity contribution is 7.98. The normalized spacial score (nSPS) is 24.6. The van der Waals surface area contributed by atoms with Crippen LogP contribution in [0.2, 0.25) is 0 Å². The zero-order valence-electron chi connectivity index (χ0n) is 10.9. The lowest BCUT2D eigenvalue weighted by atomic mass is 10.2. The molecule has 0 radical (unpaired) electrons. The first kappa shape index (κ1) is 14.3. The summed E-state index contributed by atoms with van der Waals surface area (Å²) in [7, 11) is 0. The van der Waals surface area contributed by atoms with E-state index in [1.807, 2.05) is 11.8 Å². The highest BCUT2D eigenvalue weighted by Crippen LogP contribution is 2.05. The zero-order valence-corrected chi connectivity index (χ0v) is 11.7. The Bertz CT molecular complexity index is 180. The molecule has 0 aromatic heterocycles. The fourth-order valence-electron chi connectivity index (χ4n) is 2.03. The van der Waals surface area contributed by atoms with Gasteiger partial charge in [-0.2, -0.15) is 11.8 Å². The Hall–Kier alpha value is 0.230. The van der Waals surface area contributed by atoms with Crippen LogP contribution < -0.4 is 5.32 Å². The summed E-state index contributed by atoms with van der Waals surface area (Å²) < 4.78 is 5.74. The van der Waals surface area contributed by atoms with E-state index in [2.05, 4.69) is 30.3 Å². The second kappa shape index (κ2) is 8.34. The van der Waals surface area contributed by atoms with Crippen molar-refractivity contribution < 1.29 is 4.74 Å². The van der Waals surface area contributed by atoms with Gasteiger partial charge in [0.2, 0.25) is 0 Å². The molecule has 4 heteroatoms. The third-order valence-corrected chi connectivity index (χ3v) is 3.89. The van der Waals surface area contributed by atoms with E-state index in [1.54, 1.807) is 0 Å². The first-order valence-electron chi connectivity index (χ1n) is 6.29. The number of nitrogens with one attached hydrogen (secondary N) is 1. The summed E-state index contributed by atoms with van der Waals surface area (Å²) in [6, 6.07) is 0. The molecule has 0 spiro atoms. The Labute approximate surface area is 104 Å². The van der Waals surface area contributed by atoms with Crippen molar-refractivity contribution in [2.45, 2.75) is 20.0 Å². The molecule has 16 heavy (non-hydrogen) atoms. The number of nitrogens with zero attached hydrogens (tertiary/aromatic N) is 1. The van der Waals surface area contributed by atoms with Gasteiger partial charge in [0.05, 0.1) is 12.7 Å². The van der Waals surface area contributed by atoms with Crippen molar-refractivity contribution in [1.29, 1.82) is 0 Å². The van der Waals surface area contributed by atoms with Gasteiger partial charge >= 0.3 is 0 Å². The molecule has 1 aliphatic heterocycles. The standard InChI is InChI=1S/C12H26N2OS/c1-4-14-5-6-15-12(9-14)8-13-7-11(2)10-16-3/h11-13H,4-10H2,1-3H3. The van der Waals surface area contributed by atoms with Crippen molar-refractivity contribution >= 4 is 11.8 Å². The van der Waals surface area contributed by atoms with Crippen molar-refractivity contribution in [2.24, 2.45) is 5.92 Å². The van der Waals surface area contributed by atoms with Crippen LogP contribution in [0.3, 0.4) is 0 Å². The SMILES string of the molecule is CCN1CCOC(CNCC(C)CSC)C1. The van der Waals surface area contributed by atoms with E-state index in [0.717, 1.165) is 45.2 Å². The maximum absolute atomic E-state index is 5.74. The number of rotatable bonds is 7. The van der Waals surface area contributed by atoms with Crippen LogP contribution in [0.15, 0.2) is 0 Å². The molecule has 0 saturated carbocycles. The van der Waals surface area contributed by atoms with Gasteiger partial charge in [0.25, 0.3) is 0 Å². The monoisotopic (exact) mass is 246 g/mol. The molecule has 1 N–H and O–H groups in total. The lowest BCUT2D eigenvalue weighted by Gasteiger charge is -2.32. The fourth-order valence-corrected chi connectivity index (χ4v) is 2.71. The summed E-state index contributed by atoms with van der Waals surface area (Å²) in [4.78, 5) is 2.46. The van der Waals surface area contributed by atoms with E-state index in [9.17, 15) is 0 Å². The molecule has 2 unspecified atom stereocenters. The predicted octanol–water partition coefficient (Wildman–Crippen LogP) is 1.30. The summed E-state index contributed by atoms with van der Waals surface area (Å²) in [5.74, 6) is 1.99. The molecular formula is C12H26N2OS. The van der Waals surface area contributed by atoms with Gasteiger partial charge in [-0.25, -0.2) is 0 Å². The van der Waals surface area contributed by atoms with Gasteiger partial charge in [-0.3, -0.25) is 4.90 Å². The summed E-state index contributed by atoms with van der Waals surface area (Å²) in [5.41, 5.74) is 0. The molecule has 1 aliphatic rings. The van der Waals surface area contributed by atoms with Crippen LogP contribution in [0.4, 0.5) is 0 Å². The first-order chi connectivity index (χ1) is 7.76. The van der Waals surface area contributed by atoms with Gasteiger partial charge in [0.1, 0.15) is 0 Å². The third kappa shape index (κ3) is 5.53. The number of thioether (sulfide) groups is 1. The van der Waals surface area contributed by atoms with Crippen LogP contribution >= 0.6 is 11.8 Å². The zero-order chi connectivity index (χ0) is 11.8. The number of morpholine rings is 1. The summed E-state index contributed by atoms with van der Waals surface area (Å²) >= 11 is 1.92. The fraction of sp³-hybridized carbons (Fsp3) is 1.00. The Balaban J connectivity index is 2.08. The molecular weight excluding hydrogens is 220 g/mol. The molecule has 2 atom stereocenters. The van der Waals surface area contributed by atoms with E-state index in [1.165, 1.54) is 5.75 Å². The molecule has 1 saturated heterocycles. The van der Waals surface area contributed by atoms with Gasteiger partial charge in [-0.15, -0.1) is 0 Å². The molecule has 0 aromatic carbocycles. The third-order valence-electron chi connectivity index (χ3n) is 2.99. The maximum Gasteiger partial charge on any atom is 0.0826 e. The average molecular weight is 246 g/mol. The van der Waals surface area contributed by atoms with Gasteiger partial charge in [0.15, 0.2) is 0 Å². The molecule has 1 fully saturated rings. The molecule has 3 nitrogen and oxygen atoms in total. The van der Waals surface area contributed by atoms with Crippen LogP contribution in [0.25, 0.3) is 0 Å². The lowest BCUT2D eigenvalue weighted by molar-refractivity contribution is -0.0253. The number of ether oxygens (including phenoxy) is 1. The molecule has 1 rings (SSSR count). The van der Waals surface area contributed by atoms with Crippen molar-refractivity contribution in [2.75, 3.05) is 51.3 Å². The van der Waals surface area contributed by atoms with E-state index < -0.39 is 0 Å². The van der Waals surface area contributed by atoms with Crippen LogP contribution in [0, 0.1) is 5.92 Å². The van der Waals surface area contributed by atoms with E-state index in [-0.39, 0.29) is 0 Å². The minimum absolute atomic E-state index is 0.384. The summed E-state index contributed by atoms with van der Waals surface area (Å²) in [5, 5.41) is 3.52. The van der Waals surface area contributed by atoms with Crippen LogP contribution in [-0.2, 0) is 4.74 Å². The Kier molecular flexibility index (Phi) is 7.45. The Morgan fingerprint density at radius 3 is 3.06 bits per heavy atom. The van der Waals surface area contributed by atoms with Gasteiger partial charge in [-0.05, 0) is 31.0 Å². The largest absolute Gasteiger partial charge is 0.374 e. The number of likely N-dealkylation sites (N-methyl/N-ethyl adjacent to an activating group) is 1. The lowest BCUT2D eigenvalue weighted by Crippen LogP contribution is -2.46. The van der Waals surface area contributed by atoms with Crippen LogP contribution in [0.1, 0.15) is 13.8 Å². The Morgan fingerprint density at radius 2 is 2.38 bits per heavy atom. The molecule has 0 aliphatic carbocycles.